The van der Waals surface area contributed by atoms with E-state index in [0.717, 1.165) is 18.8 Å². The van der Waals surface area contributed by atoms with E-state index in [1.54, 1.807) is 0 Å². The summed E-state index contributed by atoms with van der Waals surface area (Å²) in [6.07, 6.45) is 2.93. The van der Waals surface area contributed by atoms with Crippen molar-refractivity contribution in [3.8, 4) is 0 Å². The minimum Gasteiger partial charge on any atom is -0.334 e. The Balaban J connectivity index is 2.82. The Hall–Kier alpha value is -0.830. The first-order valence-electron chi connectivity index (χ1n) is 3.93. The first-order valence-corrected chi connectivity index (χ1v) is 3.93. The highest BCUT2D eigenvalue weighted by atomic mass is 15.1. The van der Waals surface area contributed by atoms with E-state index in [9.17, 15) is 0 Å². The van der Waals surface area contributed by atoms with Crippen LogP contribution in [0.15, 0.2) is 6.20 Å². The molecule has 1 rings (SSSR count). The monoisotopic (exact) mass is 153 g/mol. The van der Waals surface area contributed by atoms with Crippen LogP contribution in [0.3, 0.4) is 0 Å². The lowest BCUT2D eigenvalue weighted by Crippen LogP contribution is -2.10. The van der Waals surface area contributed by atoms with Crippen LogP contribution in [-0.4, -0.2) is 16.6 Å². The molecule has 1 aromatic heterocycles. The molecule has 0 fully saturated rings. The number of nitrogens with one attached hydrogen (secondary N) is 1. The minimum atomic E-state index is 0.892. The molecule has 3 heteroatoms. The van der Waals surface area contributed by atoms with E-state index in [4.69, 9.17) is 0 Å². The van der Waals surface area contributed by atoms with Crippen molar-refractivity contribution in [2.75, 3.05) is 7.05 Å². The molecule has 0 aliphatic rings. The van der Waals surface area contributed by atoms with Gasteiger partial charge < -0.3 is 9.88 Å². The molecule has 62 valence electrons. The van der Waals surface area contributed by atoms with E-state index in [0.29, 0.717) is 0 Å². The fourth-order valence-corrected chi connectivity index (χ4v) is 1.16. The average molecular weight is 153 g/mol. The molecule has 0 radical (unpaired) electrons. The highest BCUT2D eigenvalue weighted by Gasteiger charge is 2.01. The van der Waals surface area contributed by atoms with Crippen molar-refractivity contribution in [2.45, 2.75) is 19.9 Å². The van der Waals surface area contributed by atoms with Gasteiger partial charge in [0.25, 0.3) is 0 Å². The highest BCUT2D eigenvalue weighted by molar-refractivity contribution is 5.04. The fraction of sp³-hybridized carbons (Fsp3) is 0.625. The van der Waals surface area contributed by atoms with Gasteiger partial charge >= 0.3 is 0 Å². The molecule has 1 heterocycles. The van der Waals surface area contributed by atoms with Crippen LogP contribution in [0.1, 0.15) is 18.4 Å². The lowest BCUT2D eigenvalue weighted by atomic mass is 10.4. The van der Waals surface area contributed by atoms with Crippen LogP contribution >= 0.6 is 0 Å². The number of hydrogen-bond acceptors (Lipinski definition) is 2. The summed E-state index contributed by atoms with van der Waals surface area (Å²) in [4.78, 5) is 4.28. The lowest BCUT2D eigenvalue weighted by molar-refractivity contribution is 0.707. The van der Waals surface area contributed by atoms with Gasteiger partial charge in [-0.1, -0.05) is 6.92 Å². The van der Waals surface area contributed by atoms with Gasteiger partial charge in [0.05, 0.1) is 5.69 Å². The lowest BCUT2D eigenvalue weighted by Gasteiger charge is -2.02. The fourth-order valence-electron chi connectivity index (χ4n) is 1.16. The van der Waals surface area contributed by atoms with Crippen molar-refractivity contribution < 1.29 is 0 Å². The second-order valence-corrected chi connectivity index (χ2v) is 2.61. The first kappa shape index (κ1) is 8.27. The molecule has 0 spiro atoms. The maximum absolute atomic E-state index is 4.28. The Morgan fingerprint density at radius 3 is 2.82 bits per heavy atom. The Kier molecular flexibility index (Phi) is 2.65. The Bertz CT molecular complexity index is 227. The van der Waals surface area contributed by atoms with Crippen molar-refractivity contribution in [1.29, 1.82) is 0 Å². The van der Waals surface area contributed by atoms with Crippen LogP contribution in [-0.2, 0) is 20.0 Å². The zero-order valence-electron chi connectivity index (χ0n) is 7.39. The summed E-state index contributed by atoms with van der Waals surface area (Å²) >= 11 is 0. The summed E-state index contributed by atoms with van der Waals surface area (Å²) in [5.74, 6) is 1.15. The van der Waals surface area contributed by atoms with E-state index in [-0.39, 0.29) is 0 Å². The van der Waals surface area contributed by atoms with Crippen molar-refractivity contribution in [2.24, 2.45) is 7.05 Å². The number of aryl methyl sites for hydroxylation is 1. The molecule has 0 bridgehead atoms. The molecule has 0 atom stereocenters. The standard InChI is InChI=1S/C8H15N3/c1-4-8-10-6-7(5-9-2)11(8)3/h6,9H,4-5H2,1-3H3. The largest absolute Gasteiger partial charge is 0.334 e. The van der Waals surface area contributed by atoms with E-state index in [1.807, 2.05) is 13.2 Å². The van der Waals surface area contributed by atoms with E-state index in [1.165, 1.54) is 5.69 Å². The minimum absolute atomic E-state index is 0.892. The van der Waals surface area contributed by atoms with Gasteiger partial charge in [-0.2, -0.15) is 0 Å². The SMILES string of the molecule is CCc1ncc(CNC)n1C. The van der Waals surface area contributed by atoms with Crippen molar-refractivity contribution in [3.63, 3.8) is 0 Å². The quantitative estimate of drug-likeness (QED) is 0.692. The van der Waals surface area contributed by atoms with Crippen LogP contribution in [0, 0.1) is 0 Å². The van der Waals surface area contributed by atoms with Crippen molar-refractivity contribution >= 4 is 0 Å². The first-order chi connectivity index (χ1) is 5.29. The molecule has 0 aliphatic carbocycles. The molecule has 1 N–H and O–H groups in total. The Morgan fingerprint density at radius 1 is 1.64 bits per heavy atom. The maximum Gasteiger partial charge on any atom is 0.108 e. The van der Waals surface area contributed by atoms with Crippen LogP contribution < -0.4 is 5.32 Å². The molecule has 11 heavy (non-hydrogen) atoms. The summed E-state index contributed by atoms with van der Waals surface area (Å²) in [6.45, 7) is 3.01. The van der Waals surface area contributed by atoms with Crippen LogP contribution in [0.5, 0.6) is 0 Å². The van der Waals surface area contributed by atoms with Crippen LogP contribution in [0.25, 0.3) is 0 Å². The summed E-state index contributed by atoms with van der Waals surface area (Å²) in [5.41, 5.74) is 1.24. The third-order valence-electron chi connectivity index (χ3n) is 1.85. The number of aromatic nitrogens is 2. The van der Waals surface area contributed by atoms with Gasteiger partial charge in [0.1, 0.15) is 5.82 Å². The van der Waals surface area contributed by atoms with E-state index >= 15 is 0 Å². The normalized spacial score (nSPS) is 10.5. The summed E-state index contributed by atoms with van der Waals surface area (Å²) < 4.78 is 2.14. The van der Waals surface area contributed by atoms with E-state index in [2.05, 4.69) is 28.8 Å². The van der Waals surface area contributed by atoms with Crippen molar-refractivity contribution in [3.05, 3.63) is 17.7 Å². The molecule has 0 saturated carbocycles. The molecule has 0 aromatic carbocycles. The second-order valence-electron chi connectivity index (χ2n) is 2.61. The molecular weight excluding hydrogens is 138 g/mol. The summed E-state index contributed by atoms with van der Waals surface area (Å²) in [7, 11) is 4.00. The van der Waals surface area contributed by atoms with Gasteiger partial charge in [-0.05, 0) is 7.05 Å². The maximum atomic E-state index is 4.28. The predicted octanol–water partition coefficient (Wildman–Crippen LogP) is 0.702. The number of imidazole rings is 1. The van der Waals surface area contributed by atoms with Crippen LogP contribution in [0.2, 0.25) is 0 Å². The second kappa shape index (κ2) is 3.53. The topological polar surface area (TPSA) is 29.9 Å². The average Bonchev–Trinajstić information content (AvgIpc) is 2.34. The summed E-state index contributed by atoms with van der Waals surface area (Å²) in [6, 6.07) is 0. The van der Waals surface area contributed by atoms with E-state index < -0.39 is 0 Å². The van der Waals surface area contributed by atoms with Gasteiger partial charge in [0, 0.05) is 26.2 Å². The molecule has 0 amide bonds. The Labute approximate surface area is 67.4 Å². The smallest absolute Gasteiger partial charge is 0.108 e. The number of hydrogen-bond donors (Lipinski definition) is 1. The molecule has 3 nitrogen and oxygen atoms in total. The number of rotatable bonds is 3. The molecule has 0 unspecified atom stereocenters. The molecule has 1 aromatic rings. The van der Waals surface area contributed by atoms with Crippen molar-refractivity contribution in [1.82, 2.24) is 14.9 Å². The van der Waals surface area contributed by atoms with Crippen LogP contribution in [0.4, 0.5) is 0 Å². The van der Waals surface area contributed by atoms with Gasteiger partial charge in [0.15, 0.2) is 0 Å². The third-order valence-corrected chi connectivity index (χ3v) is 1.85. The van der Waals surface area contributed by atoms with Gasteiger partial charge in [-0.3, -0.25) is 0 Å². The summed E-state index contributed by atoms with van der Waals surface area (Å²) in [5, 5.41) is 3.10. The third kappa shape index (κ3) is 1.60. The van der Waals surface area contributed by atoms with Gasteiger partial charge in [0.2, 0.25) is 0 Å². The zero-order chi connectivity index (χ0) is 8.27. The zero-order valence-corrected chi connectivity index (χ0v) is 7.39. The number of nitrogens with zero attached hydrogens (tertiary/aromatic N) is 2. The molecular formula is C8H15N3. The molecule has 0 aliphatic heterocycles. The predicted molar refractivity (Wildman–Crippen MR) is 45.3 cm³/mol. The highest BCUT2D eigenvalue weighted by Crippen LogP contribution is 2.02. The molecule has 0 saturated heterocycles. The Morgan fingerprint density at radius 2 is 2.36 bits per heavy atom. The van der Waals surface area contributed by atoms with Gasteiger partial charge in [-0.25, -0.2) is 4.98 Å². The van der Waals surface area contributed by atoms with Gasteiger partial charge in [-0.15, -0.1) is 0 Å².